The molecule has 110 valence electrons. The van der Waals surface area contributed by atoms with Gasteiger partial charge in [-0.2, -0.15) is 0 Å². The molecule has 3 rings (SSSR count). The highest BCUT2D eigenvalue weighted by atomic mass is 79.9. The van der Waals surface area contributed by atoms with Gasteiger partial charge in [0, 0.05) is 22.6 Å². The second kappa shape index (κ2) is 6.46. The van der Waals surface area contributed by atoms with Crippen LogP contribution in [0.5, 0.6) is 11.5 Å². The van der Waals surface area contributed by atoms with Crippen LogP contribution in [0, 0.1) is 5.82 Å². The van der Waals surface area contributed by atoms with E-state index in [1.165, 1.54) is 25.0 Å². The molecule has 0 unspecified atom stereocenters. The van der Waals surface area contributed by atoms with Crippen LogP contribution >= 0.6 is 31.9 Å². The van der Waals surface area contributed by atoms with Crippen molar-refractivity contribution in [2.75, 3.05) is 0 Å². The molecule has 5 heteroatoms. The molecule has 0 amide bonds. The summed E-state index contributed by atoms with van der Waals surface area (Å²) in [6.07, 6.45) is 2.49. The van der Waals surface area contributed by atoms with Gasteiger partial charge in [0.1, 0.15) is 17.3 Å². The number of hydrogen-bond acceptors (Lipinski definition) is 2. The summed E-state index contributed by atoms with van der Waals surface area (Å²) in [6, 6.07) is 10.9. The highest BCUT2D eigenvalue weighted by Gasteiger charge is 2.21. The van der Waals surface area contributed by atoms with Crippen LogP contribution < -0.4 is 10.1 Å². The number of ether oxygens (including phenoxy) is 1. The molecule has 1 aliphatic rings. The standard InChI is InChI=1S/C16H14Br2FNO/c17-11-1-5-15(10(7-11)9-20-13-3-4-13)21-16-6-2-12(19)8-14(16)18/h1-2,5-8,13,20H,3-4,9H2. The van der Waals surface area contributed by atoms with Crippen molar-refractivity contribution in [3.63, 3.8) is 0 Å². The molecule has 2 aromatic carbocycles. The lowest BCUT2D eigenvalue weighted by Gasteiger charge is -2.13. The van der Waals surface area contributed by atoms with Crippen LogP contribution in [0.3, 0.4) is 0 Å². The zero-order chi connectivity index (χ0) is 14.8. The molecule has 0 atom stereocenters. The fourth-order valence-corrected chi connectivity index (χ4v) is 2.84. The second-order valence-electron chi connectivity index (χ2n) is 5.08. The molecule has 0 radical (unpaired) electrons. The third kappa shape index (κ3) is 4.05. The summed E-state index contributed by atoms with van der Waals surface area (Å²) in [7, 11) is 0. The SMILES string of the molecule is Fc1ccc(Oc2ccc(Br)cc2CNC2CC2)c(Br)c1. The first-order valence-corrected chi connectivity index (χ1v) is 8.35. The zero-order valence-corrected chi connectivity index (χ0v) is 14.4. The van der Waals surface area contributed by atoms with Gasteiger partial charge in [-0.15, -0.1) is 0 Å². The molecule has 0 spiro atoms. The highest BCUT2D eigenvalue weighted by molar-refractivity contribution is 9.10. The highest BCUT2D eigenvalue weighted by Crippen LogP contribution is 2.33. The van der Waals surface area contributed by atoms with Crippen molar-refractivity contribution in [1.29, 1.82) is 0 Å². The Bertz CT molecular complexity index is 659. The number of nitrogens with one attached hydrogen (secondary N) is 1. The third-order valence-electron chi connectivity index (χ3n) is 3.29. The van der Waals surface area contributed by atoms with Gasteiger partial charge in [-0.05, 0) is 65.2 Å². The molecule has 0 aromatic heterocycles. The smallest absolute Gasteiger partial charge is 0.141 e. The lowest BCUT2D eigenvalue weighted by molar-refractivity contribution is 0.467. The van der Waals surface area contributed by atoms with Crippen molar-refractivity contribution in [3.8, 4) is 11.5 Å². The maximum absolute atomic E-state index is 13.1. The Kier molecular flexibility index (Phi) is 4.62. The van der Waals surface area contributed by atoms with E-state index in [0.29, 0.717) is 16.3 Å². The van der Waals surface area contributed by atoms with Crippen LogP contribution in [-0.2, 0) is 6.54 Å². The summed E-state index contributed by atoms with van der Waals surface area (Å²) < 4.78 is 20.7. The van der Waals surface area contributed by atoms with E-state index in [2.05, 4.69) is 37.2 Å². The first-order valence-electron chi connectivity index (χ1n) is 6.76. The van der Waals surface area contributed by atoms with Crippen LogP contribution in [0.15, 0.2) is 45.3 Å². The molecule has 1 fully saturated rings. The number of benzene rings is 2. The molecule has 0 aliphatic heterocycles. The van der Waals surface area contributed by atoms with E-state index in [1.54, 1.807) is 6.07 Å². The molecule has 1 N–H and O–H groups in total. The van der Waals surface area contributed by atoms with Crippen molar-refractivity contribution >= 4 is 31.9 Å². The van der Waals surface area contributed by atoms with Gasteiger partial charge in [-0.3, -0.25) is 0 Å². The molecule has 2 aromatic rings. The van der Waals surface area contributed by atoms with Crippen LogP contribution in [0.4, 0.5) is 4.39 Å². The summed E-state index contributed by atoms with van der Waals surface area (Å²) in [5.74, 6) is 1.09. The predicted octanol–water partition coefficient (Wildman–Crippen LogP) is 5.40. The lowest BCUT2D eigenvalue weighted by atomic mass is 10.2. The van der Waals surface area contributed by atoms with Crippen LogP contribution in [-0.4, -0.2) is 6.04 Å². The van der Waals surface area contributed by atoms with E-state index in [4.69, 9.17) is 4.74 Å². The molecule has 21 heavy (non-hydrogen) atoms. The summed E-state index contributed by atoms with van der Waals surface area (Å²) in [5.41, 5.74) is 1.08. The van der Waals surface area contributed by atoms with Crippen molar-refractivity contribution in [3.05, 3.63) is 56.7 Å². The molecule has 1 saturated carbocycles. The first-order chi connectivity index (χ1) is 10.1. The van der Waals surface area contributed by atoms with E-state index in [-0.39, 0.29) is 5.82 Å². The van der Waals surface area contributed by atoms with E-state index >= 15 is 0 Å². The first kappa shape index (κ1) is 15.0. The van der Waals surface area contributed by atoms with Gasteiger partial charge >= 0.3 is 0 Å². The largest absolute Gasteiger partial charge is 0.456 e. The van der Waals surface area contributed by atoms with E-state index in [9.17, 15) is 4.39 Å². The molecule has 1 aliphatic carbocycles. The molecule has 0 heterocycles. The molecular weight excluding hydrogens is 401 g/mol. The molecule has 0 bridgehead atoms. The van der Waals surface area contributed by atoms with Crippen molar-refractivity contribution in [1.82, 2.24) is 5.32 Å². The van der Waals surface area contributed by atoms with Gasteiger partial charge < -0.3 is 10.1 Å². The van der Waals surface area contributed by atoms with Crippen molar-refractivity contribution < 1.29 is 9.13 Å². The summed E-state index contributed by atoms with van der Waals surface area (Å²) in [5, 5.41) is 3.48. The predicted molar refractivity (Wildman–Crippen MR) is 88.2 cm³/mol. The monoisotopic (exact) mass is 413 g/mol. The van der Waals surface area contributed by atoms with Crippen LogP contribution in [0.1, 0.15) is 18.4 Å². The Balaban J connectivity index is 1.82. The summed E-state index contributed by atoms with van der Waals surface area (Å²) in [6.45, 7) is 0.762. The second-order valence-corrected chi connectivity index (χ2v) is 6.85. The number of rotatable bonds is 5. The Morgan fingerprint density at radius 3 is 2.57 bits per heavy atom. The fourth-order valence-electron chi connectivity index (χ4n) is 2.00. The van der Waals surface area contributed by atoms with Gasteiger partial charge in [0.05, 0.1) is 4.47 Å². The minimum atomic E-state index is -0.291. The Labute approximate surface area is 140 Å². The maximum atomic E-state index is 13.1. The van der Waals surface area contributed by atoms with E-state index in [1.807, 2.05) is 18.2 Å². The Hall–Kier alpha value is -0.910. The zero-order valence-electron chi connectivity index (χ0n) is 11.2. The number of halogens is 3. The quantitative estimate of drug-likeness (QED) is 0.707. The third-order valence-corrected chi connectivity index (χ3v) is 4.41. The lowest BCUT2D eigenvalue weighted by Crippen LogP contribution is -2.15. The molecule has 2 nitrogen and oxygen atoms in total. The normalized spacial score (nSPS) is 14.2. The van der Waals surface area contributed by atoms with Crippen molar-refractivity contribution in [2.24, 2.45) is 0 Å². The van der Waals surface area contributed by atoms with Gasteiger partial charge in [-0.1, -0.05) is 15.9 Å². The van der Waals surface area contributed by atoms with E-state index in [0.717, 1.165) is 22.3 Å². The maximum Gasteiger partial charge on any atom is 0.141 e. The topological polar surface area (TPSA) is 21.3 Å². The minimum Gasteiger partial charge on any atom is -0.456 e. The average molecular weight is 415 g/mol. The Morgan fingerprint density at radius 1 is 1.10 bits per heavy atom. The molecule has 0 saturated heterocycles. The summed E-state index contributed by atoms with van der Waals surface area (Å²) >= 11 is 6.81. The van der Waals surface area contributed by atoms with Crippen molar-refractivity contribution in [2.45, 2.75) is 25.4 Å². The summed E-state index contributed by atoms with van der Waals surface area (Å²) in [4.78, 5) is 0. The van der Waals surface area contributed by atoms with Gasteiger partial charge in [-0.25, -0.2) is 4.39 Å². The molecular formula is C16H14Br2FNO. The van der Waals surface area contributed by atoms with E-state index < -0.39 is 0 Å². The van der Waals surface area contributed by atoms with Crippen LogP contribution in [0.2, 0.25) is 0 Å². The average Bonchev–Trinajstić information content (AvgIpc) is 3.26. The van der Waals surface area contributed by atoms with Gasteiger partial charge in [0.25, 0.3) is 0 Å². The minimum absolute atomic E-state index is 0.291. The van der Waals surface area contributed by atoms with Crippen LogP contribution in [0.25, 0.3) is 0 Å². The fraction of sp³-hybridized carbons (Fsp3) is 0.250. The number of hydrogen-bond donors (Lipinski definition) is 1. The van der Waals surface area contributed by atoms with Gasteiger partial charge in [0.2, 0.25) is 0 Å². The van der Waals surface area contributed by atoms with Gasteiger partial charge in [0.15, 0.2) is 0 Å². The Morgan fingerprint density at radius 2 is 1.86 bits per heavy atom.